The average molecular weight is 1010 g/mol. The summed E-state index contributed by atoms with van der Waals surface area (Å²) in [6, 6.07) is 39.6. The SMILES string of the molecule is N#CCc1cc(OCCCCCCc2cccc(OC(CCC(=O)O)Oc3cccc(CCCCCCOc4cc(CC#N)cc(-c5ccsc5)c4)c3CCC(=O)O)c2CCC(=O)O)cc(-c2ccccc2)c1. The summed E-state index contributed by atoms with van der Waals surface area (Å²) in [5.41, 5.74) is 9.32. The Morgan fingerprint density at radius 3 is 1.47 bits per heavy atom. The standard InChI is InChI=1S/C60H64N2O10S/c61-31-28-43-36-49(45-14-8-5-9-15-45)40-51(38-43)69-33-10-3-1-6-16-46-18-12-20-55(53(46)22-24-57(63)64)71-60(27-26-59(67)68)72-56-21-13-19-47(54(56)23-25-58(65)66)17-7-2-4-11-34-70-52-39-44(29-32-62)37-50(41-52)48-30-35-73-42-48/h5,8-9,12-15,18-21,30,35-42,60H,1-4,6-7,10-11,16-17,22-29,33-34H2,(H,63,64)(H,65,66)(H,67,68). The van der Waals surface area contributed by atoms with Gasteiger partial charge in [-0.2, -0.15) is 21.9 Å². The van der Waals surface area contributed by atoms with Gasteiger partial charge < -0.3 is 34.3 Å². The van der Waals surface area contributed by atoms with Gasteiger partial charge in [-0.3, -0.25) is 14.4 Å². The van der Waals surface area contributed by atoms with Crippen LogP contribution < -0.4 is 18.9 Å². The molecule has 73 heavy (non-hydrogen) atoms. The largest absolute Gasteiger partial charge is 0.494 e. The molecular weight excluding hydrogens is 941 g/mol. The Hall–Kier alpha value is -7.61. The Balaban J connectivity index is 1.06. The van der Waals surface area contributed by atoms with Crippen LogP contribution in [-0.2, 0) is 52.9 Å². The molecule has 0 bridgehead atoms. The number of aryl methyl sites for hydroxylation is 2. The van der Waals surface area contributed by atoms with Crippen molar-refractivity contribution in [3.63, 3.8) is 0 Å². The van der Waals surface area contributed by atoms with Crippen LogP contribution >= 0.6 is 11.3 Å². The summed E-state index contributed by atoms with van der Waals surface area (Å²) in [5, 5.41) is 51.9. The molecule has 12 nitrogen and oxygen atoms in total. The van der Waals surface area contributed by atoms with E-state index < -0.39 is 24.2 Å². The molecule has 0 aliphatic rings. The second-order valence-corrected chi connectivity index (χ2v) is 18.8. The smallest absolute Gasteiger partial charge is 0.303 e. The number of carbonyl (C=O) groups is 3. The van der Waals surface area contributed by atoms with E-state index in [0.717, 1.165) is 119 Å². The minimum atomic E-state index is -1.07. The van der Waals surface area contributed by atoms with E-state index in [1.165, 1.54) is 0 Å². The quantitative estimate of drug-likeness (QED) is 0.0261. The van der Waals surface area contributed by atoms with E-state index in [9.17, 15) is 40.2 Å². The molecule has 0 aliphatic carbocycles. The lowest BCUT2D eigenvalue weighted by Crippen LogP contribution is -2.26. The maximum atomic E-state index is 11.9. The van der Waals surface area contributed by atoms with E-state index in [4.69, 9.17) is 18.9 Å². The molecule has 1 aromatic heterocycles. The molecule has 6 rings (SSSR count). The Labute approximate surface area is 432 Å². The summed E-state index contributed by atoms with van der Waals surface area (Å²) >= 11 is 1.62. The molecule has 0 radical (unpaired) electrons. The Morgan fingerprint density at radius 1 is 0.507 bits per heavy atom. The average Bonchev–Trinajstić information content (AvgIpc) is 3.93. The highest BCUT2D eigenvalue weighted by molar-refractivity contribution is 7.08. The molecule has 380 valence electrons. The van der Waals surface area contributed by atoms with Gasteiger partial charge in [0.15, 0.2) is 0 Å². The zero-order valence-corrected chi connectivity index (χ0v) is 42.1. The Kier molecular flexibility index (Phi) is 22.2. The molecule has 0 saturated carbocycles. The minimum Gasteiger partial charge on any atom is -0.494 e. The molecule has 6 aromatic rings. The number of aliphatic carboxylic acids is 3. The second-order valence-electron chi connectivity index (χ2n) is 18.0. The molecule has 0 fully saturated rings. The second kappa shape index (κ2) is 29.7. The topological polar surface area (TPSA) is 196 Å². The van der Waals surface area contributed by atoms with Crippen LogP contribution in [0.2, 0.25) is 0 Å². The van der Waals surface area contributed by atoms with Crippen molar-refractivity contribution in [1.82, 2.24) is 0 Å². The third kappa shape index (κ3) is 18.5. The zero-order chi connectivity index (χ0) is 51.6. The summed E-state index contributed by atoms with van der Waals surface area (Å²) in [4.78, 5) is 35.6. The fourth-order valence-corrected chi connectivity index (χ4v) is 9.46. The molecule has 5 aromatic carbocycles. The lowest BCUT2D eigenvalue weighted by atomic mass is 9.96. The van der Waals surface area contributed by atoms with Crippen molar-refractivity contribution in [1.29, 1.82) is 10.5 Å². The number of carboxylic acid groups (broad SMARTS) is 3. The van der Waals surface area contributed by atoms with Crippen molar-refractivity contribution < 1.29 is 48.7 Å². The van der Waals surface area contributed by atoms with Gasteiger partial charge in [0.25, 0.3) is 0 Å². The first-order valence-electron chi connectivity index (χ1n) is 25.1. The van der Waals surface area contributed by atoms with Crippen LogP contribution in [0.3, 0.4) is 0 Å². The Morgan fingerprint density at radius 2 is 1.00 bits per heavy atom. The molecule has 0 amide bonds. The number of thiophene rings is 1. The highest BCUT2D eigenvalue weighted by atomic mass is 32.1. The summed E-state index contributed by atoms with van der Waals surface area (Å²) in [5.74, 6) is -0.639. The maximum absolute atomic E-state index is 11.9. The number of nitriles is 2. The number of rotatable bonds is 33. The van der Waals surface area contributed by atoms with Gasteiger partial charge in [-0.15, -0.1) is 0 Å². The number of benzene rings is 5. The molecule has 0 aliphatic heterocycles. The van der Waals surface area contributed by atoms with Crippen molar-refractivity contribution >= 4 is 29.2 Å². The van der Waals surface area contributed by atoms with Crippen molar-refractivity contribution in [3.8, 4) is 57.4 Å². The fourth-order valence-electron chi connectivity index (χ4n) is 8.80. The van der Waals surface area contributed by atoms with E-state index in [2.05, 4.69) is 23.6 Å². The highest BCUT2D eigenvalue weighted by Gasteiger charge is 2.22. The molecule has 13 heteroatoms. The van der Waals surface area contributed by atoms with Gasteiger partial charge in [-0.05, 0) is 172 Å². The third-order valence-corrected chi connectivity index (χ3v) is 13.1. The van der Waals surface area contributed by atoms with E-state index in [1.54, 1.807) is 23.5 Å². The summed E-state index contributed by atoms with van der Waals surface area (Å²) in [7, 11) is 0. The summed E-state index contributed by atoms with van der Waals surface area (Å²) < 4.78 is 25.3. The molecule has 0 spiro atoms. The van der Waals surface area contributed by atoms with Crippen LogP contribution in [0.25, 0.3) is 22.3 Å². The third-order valence-electron chi connectivity index (χ3n) is 12.4. The van der Waals surface area contributed by atoms with Gasteiger partial charge in [0.05, 0.1) is 44.6 Å². The van der Waals surface area contributed by atoms with Gasteiger partial charge in [-0.1, -0.05) is 80.3 Å². The van der Waals surface area contributed by atoms with E-state index >= 15 is 0 Å². The summed E-state index contributed by atoms with van der Waals surface area (Å²) in [6.45, 7) is 1.05. The molecule has 3 N–H and O–H groups in total. The Bertz CT molecular complexity index is 2800. The van der Waals surface area contributed by atoms with Gasteiger partial charge in [-0.25, -0.2) is 0 Å². The van der Waals surface area contributed by atoms with Gasteiger partial charge >= 0.3 is 17.9 Å². The predicted octanol–water partition coefficient (Wildman–Crippen LogP) is 13.3. The van der Waals surface area contributed by atoms with Gasteiger partial charge in [0.1, 0.15) is 23.0 Å². The first kappa shape index (κ1) is 54.7. The van der Waals surface area contributed by atoms with Crippen molar-refractivity contribution in [2.75, 3.05) is 13.2 Å². The van der Waals surface area contributed by atoms with Crippen molar-refractivity contribution in [2.45, 2.75) is 122 Å². The van der Waals surface area contributed by atoms with E-state index in [1.807, 2.05) is 96.4 Å². The molecule has 1 atom stereocenters. The van der Waals surface area contributed by atoms with Crippen molar-refractivity contribution in [2.24, 2.45) is 0 Å². The number of unbranched alkanes of at least 4 members (excludes halogenated alkanes) is 6. The van der Waals surface area contributed by atoms with Crippen LogP contribution in [0, 0.1) is 22.7 Å². The molecule has 1 heterocycles. The van der Waals surface area contributed by atoms with E-state index in [0.29, 0.717) is 50.4 Å². The number of nitrogens with zero attached hydrogens (tertiary/aromatic N) is 2. The first-order chi connectivity index (χ1) is 35.6. The minimum absolute atomic E-state index is 0.0151. The fraction of sp³-hybridized carbons (Fsp3) is 0.350. The number of carboxylic acids is 3. The molecular formula is C60H64N2O10S. The van der Waals surface area contributed by atoms with Crippen LogP contribution in [0.15, 0.2) is 120 Å². The highest BCUT2D eigenvalue weighted by Crippen LogP contribution is 2.33. The van der Waals surface area contributed by atoms with Crippen LogP contribution in [0.4, 0.5) is 0 Å². The van der Waals surface area contributed by atoms with Crippen molar-refractivity contribution in [3.05, 3.63) is 153 Å². The number of hydrogen-bond donors (Lipinski definition) is 3. The summed E-state index contributed by atoms with van der Waals surface area (Å²) in [6.07, 6.45) is 7.71. The van der Waals surface area contributed by atoms with Gasteiger partial charge in [0.2, 0.25) is 6.29 Å². The maximum Gasteiger partial charge on any atom is 0.303 e. The monoisotopic (exact) mass is 1000 g/mol. The van der Waals surface area contributed by atoms with Crippen LogP contribution in [0.5, 0.6) is 23.0 Å². The lowest BCUT2D eigenvalue weighted by Gasteiger charge is -2.25. The van der Waals surface area contributed by atoms with E-state index in [-0.39, 0.29) is 38.5 Å². The number of hydrogen-bond acceptors (Lipinski definition) is 10. The lowest BCUT2D eigenvalue weighted by molar-refractivity contribution is -0.139. The normalized spacial score (nSPS) is 11.3. The zero-order valence-electron chi connectivity index (χ0n) is 41.3. The van der Waals surface area contributed by atoms with Crippen LogP contribution in [-0.4, -0.2) is 52.7 Å². The number of ether oxygens (including phenoxy) is 4. The first-order valence-corrected chi connectivity index (χ1v) is 26.1. The van der Waals surface area contributed by atoms with Crippen LogP contribution in [0.1, 0.15) is 110 Å². The predicted molar refractivity (Wildman–Crippen MR) is 282 cm³/mol. The molecule has 1 unspecified atom stereocenters. The molecule has 0 saturated heterocycles. The van der Waals surface area contributed by atoms with Gasteiger partial charge in [0, 0.05) is 19.3 Å².